The molecule has 1 aromatic carbocycles. The van der Waals surface area contributed by atoms with Crippen molar-refractivity contribution in [1.82, 2.24) is 10.1 Å². The van der Waals surface area contributed by atoms with Crippen molar-refractivity contribution in [3.63, 3.8) is 0 Å². The van der Waals surface area contributed by atoms with Crippen LogP contribution < -0.4 is 15.2 Å². The molecule has 0 fully saturated rings. The van der Waals surface area contributed by atoms with Crippen molar-refractivity contribution >= 4 is 15.9 Å². The first-order valence-electron chi connectivity index (χ1n) is 6.04. The van der Waals surface area contributed by atoms with Crippen LogP contribution in [0.25, 0.3) is 11.4 Å². The van der Waals surface area contributed by atoms with E-state index in [2.05, 4.69) is 26.1 Å². The zero-order chi connectivity index (χ0) is 14.1. The van der Waals surface area contributed by atoms with Crippen LogP contribution in [0.1, 0.15) is 12.3 Å². The van der Waals surface area contributed by atoms with Crippen LogP contribution in [-0.2, 0) is 6.54 Å². The molecule has 0 amide bonds. The Morgan fingerprint density at radius 1 is 1.35 bits per heavy atom. The Balaban J connectivity index is 2.19. The van der Waals surface area contributed by atoms with Gasteiger partial charge in [-0.25, -0.2) is 0 Å². The second kappa shape index (κ2) is 5.29. The molecule has 7 nitrogen and oxygen atoms in total. The molecule has 1 aromatic heterocycles. The van der Waals surface area contributed by atoms with Gasteiger partial charge in [-0.1, -0.05) is 5.16 Å². The molecule has 0 aliphatic carbocycles. The maximum absolute atomic E-state index is 10.2. The lowest BCUT2D eigenvalue weighted by molar-refractivity contribution is 0.297. The molecule has 0 bridgehead atoms. The molecular weight excluding hydrogens is 330 g/mol. The molecule has 106 valence electrons. The molecule has 0 atom stereocenters. The number of fused-ring (bicyclic) bond motifs is 1. The van der Waals surface area contributed by atoms with Crippen LogP contribution in [0.3, 0.4) is 0 Å². The summed E-state index contributed by atoms with van der Waals surface area (Å²) in [5.41, 5.74) is 5.78. The summed E-state index contributed by atoms with van der Waals surface area (Å²) in [6.45, 7) is 1.16. The summed E-state index contributed by atoms with van der Waals surface area (Å²) in [4.78, 5) is 4.12. The summed E-state index contributed by atoms with van der Waals surface area (Å²) in [6.07, 6.45) is 0.757. The van der Waals surface area contributed by atoms with Crippen molar-refractivity contribution in [2.45, 2.75) is 13.0 Å². The number of benzene rings is 1. The minimum atomic E-state index is -0.0291. The van der Waals surface area contributed by atoms with E-state index in [0.717, 1.165) is 6.42 Å². The topological polar surface area (TPSA) is 104 Å². The van der Waals surface area contributed by atoms with Gasteiger partial charge in [0.25, 0.3) is 0 Å². The number of hydrogen-bond acceptors (Lipinski definition) is 7. The predicted octanol–water partition coefficient (Wildman–Crippen LogP) is 1.82. The highest BCUT2D eigenvalue weighted by molar-refractivity contribution is 9.10. The maximum Gasteiger partial charge on any atom is 0.240 e. The van der Waals surface area contributed by atoms with E-state index in [9.17, 15) is 5.11 Å². The van der Waals surface area contributed by atoms with Gasteiger partial charge in [-0.3, -0.25) is 0 Å². The second-order valence-corrected chi connectivity index (χ2v) is 5.03. The van der Waals surface area contributed by atoms with E-state index in [1.54, 1.807) is 6.07 Å². The van der Waals surface area contributed by atoms with Crippen LogP contribution in [0.5, 0.6) is 17.2 Å². The fourth-order valence-corrected chi connectivity index (χ4v) is 2.32. The van der Waals surface area contributed by atoms with Crippen molar-refractivity contribution < 1.29 is 19.1 Å². The Morgan fingerprint density at radius 2 is 2.15 bits per heavy atom. The third-order valence-corrected chi connectivity index (χ3v) is 3.44. The number of hydrogen-bond donors (Lipinski definition) is 2. The van der Waals surface area contributed by atoms with Gasteiger partial charge < -0.3 is 24.8 Å². The molecule has 0 unspecified atom stereocenters. The Morgan fingerprint density at radius 3 is 2.90 bits per heavy atom. The first kappa shape index (κ1) is 13.2. The van der Waals surface area contributed by atoms with Gasteiger partial charge in [-0.15, -0.1) is 0 Å². The van der Waals surface area contributed by atoms with Crippen molar-refractivity contribution in [2.75, 3.05) is 13.2 Å². The number of ether oxygens (including phenoxy) is 2. The van der Waals surface area contributed by atoms with Crippen molar-refractivity contribution in [3.8, 4) is 28.6 Å². The van der Waals surface area contributed by atoms with E-state index < -0.39 is 0 Å². The average molecular weight is 342 g/mol. The molecule has 2 heterocycles. The number of halogens is 1. The molecule has 20 heavy (non-hydrogen) atoms. The van der Waals surface area contributed by atoms with E-state index in [1.165, 1.54) is 0 Å². The summed E-state index contributed by atoms with van der Waals surface area (Å²) < 4.78 is 16.7. The minimum Gasteiger partial charge on any atom is -0.506 e. The van der Waals surface area contributed by atoms with Gasteiger partial charge in [0.15, 0.2) is 11.5 Å². The third-order valence-electron chi connectivity index (χ3n) is 2.83. The highest BCUT2D eigenvalue weighted by Crippen LogP contribution is 2.48. The lowest BCUT2D eigenvalue weighted by Gasteiger charge is -2.13. The fraction of sp³-hybridized carbons (Fsp3) is 0.333. The standard InChI is InChI=1S/C12H12BrN3O4/c13-6-4-7-11(19-3-1-2-18-7)9(10(6)17)12-15-8(5-14)20-16-12/h4,17H,1-3,5,14H2. The third kappa shape index (κ3) is 2.20. The monoisotopic (exact) mass is 341 g/mol. The highest BCUT2D eigenvalue weighted by atomic mass is 79.9. The summed E-state index contributed by atoms with van der Waals surface area (Å²) in [5.74, 6) is 1.40. The molecule has 0 saturated heterocycles. The Bertz CT molecular complexity index is 644. The first-order chi connectivity index (χ1) is 9.70. The minimum absolute atomic E-state index is 0.0291. The van der Waals surface area contributed by atoms with Crippen LogP contribution in [0.4, 0.5) is 0 Å². The molecular formula is C12H12BrN3O4. The summed E-state index contributed by atoms with van der Waals surface area (Å²) in [7, 11) is 0. The van der Waals surface area contributed by atoms with Crippen LogP contribution in [0.15, 0.2) is 15.1 Å². The molecule has 0 spiro atoms. The van der Waals surface area contributed by atoms with Gasteiger partial charge in [0.05, 0.1) is 24.2 Å². The Kier molecular flexibility index (Phi) is 3.49. The van der Waals surface area contributed by atoms with Gasteiger partial charge in [-0.05, 0) is 15.9 Å². The molecule has 1 aliphatic rings. The quantitative estimate of drug-likeness (QED) is 0.858. The number of phenolic OH excluding ortho intramolecular Hbond substituents is 1. The smallest absolute Gasteiger partial charge is 0.240 e. The molecule has 8 heteroatoms. The van der Waals surface area contributed by atoms with E-state index in [1.807, 2.05) is 0 Å². The Hall–Kier alpha value is -1.80. The predicted molar refractivity (Wildman–Crippen MR) is 72.6 cm³/mol. The number of aromatic hydroxyl groups is 1. The van der Waals surface area contributed by atoms with Gasteiger partial charge >= 0.3 is 0 Å². The van der Waals surface area contributed by atoms with E-state index in [4.69, 9.17) is 19.7 Å². The van der Waals surface area contributed by atoms with Gasteiger partial charge in [-0.2, -0.15) is 4.98 Å². The van der Waals surface area contributed by atoms with Crippen molar-refractivity contribution in [1.29, 1.82) is 0 Å². The average Bonchev–Trinajstić information content (AvgIpc) is 2.80. The van der Waals surface area contributed by atoms with E-state index in [-0.39, 0.29) is 24.0 Å². The van der Waals surface area contributed by atoms with Crippen LogP contribution in [0.2, 0.25) is 0 Å². The largest absolute Gasteiger partial charge is 0.506 e. The number of nitrogens with zero attached hydrogens (tertiary/aromatic N) is 2. The van der Waals surface area contributed by atoms with E-state index in [0.29, 0.717) is 34.7 Å². The number of rotatable bonds is 2. The summed E-state index contributed by atoms with van der Waals surface area (Å²) in [5, 5.41) is 14.1. The maximum atomic E-state index is 10.2. The molecule has 3 N–H and O–H groups in total. The van der Waals surface area contributed by atoms with Crippen molar-refractivity contribution in [3.05, 3.63) is 16.4 Å². The highest BCUT2D eigenvalue weighted by Gasteiger charge is 2.25. The number of nitrogens with two attached hydrogens (primary N) is 1. The molecule has 0 saturated carbocycles. The van der Waals surface area contributed by atoms with Gasteiger partial charge in [0, 0.05) is 12.5 Å². The molecule has 3 rings (SSSR count). The van der Waals surface area contributed by atoms with Gasteiger partial charge in [0.1, 0.15) is 11.3 Å². The molecule has 2 aromatic rings. The molecule has 0 radical (unpaired) electrons. The molecule has 1 aliphatic heterocycles. The summed E-state index contributed by atoms with van der Waals surface area (Å²) in [6, 6.07) is 1.66. The first-order valence-corrected chi connectivity index (χ1v) is 6.84. The lowest BCUT2D eigenvalue weighted by Crippen LogP contribution is -1.98. The SMILES string of the molecule is NCc1nc(-c2c(O)c(Br)cc3c2OCCCO3)no1. The lowest BCUT2D eigenvalue weighted by atomic mass is 10.1. The van der Waals surface area contributed by atoms with Crippen LogP contribution in [0, 0.1) is 0 Å². The normalized spacial score (nSPS) is 14.1. The number of phenols is 1. The zero-order valence-electron chi connectivity index (χ0n) is 10.4. The van der Waals surface area contributed by atoms with Crippen LogP contribution in [-0.4, -0.2) is 28.5 Å². The van der Waals surface area contributed by atoms with Crippen molar-refractivity contribution in [2.24, 2.45) is 5.73 Å². The second-order valence-electron chi connectivity index (χ2n) is 4.18. The Labute approximate surface area is 122 Å². The summed E-state index contributed by atoms with van der Waals surface area (Å²) >= 11 is 3.28. The van der Waals surface area contributed by atoms with E-state index >= 15 is 0 Å². The van der Waals surface area contributed by atoms with Crippen LogP contribution >= 0.6 is 15.9 Å². The fourth-order valence-electron chi connectivity index (χ4n) is 1.91. The number of aromatic nitrogens is 2. The zero-order valence-corrected chi connectivity index (χ0v) is 12.0. The van der Waals surface area contributed by atoms with Gasteiger partial charge in [0.2, 0.25) is 11.7 Å².